The number of halogens is 2. The van der Waals surface area contributed by atoms with Crippen LogP contribution in [0.4, 0.5) is 5.69 Å². The van der Waals surface area contributed by atoms with Gasteiger partial charge in [0.1, 0.15) is 17.6 Å². The zero-order valence-corrected chi connectivity index (χ0v) is 23.3. The molecule has 0 unspecified atom stereocenters. The minimum atomic E-state index is -0.536. The lowest BCUT2D eigenvalue weighted by Crippen LogP contribution is -2.25. The van der Waals surface area contributed by atoms with Gasteiger partial charge < -0.3 is 9.64 Å². The SMILES string of the molecule is CCCCc1nc2ncc([N+](=O)[O-])cn2c1C(=O)c1cc(Br)c(OCCCN(CC)CC)c(Br)c1. The molecule has 0 aliphatic rings. The summed E-state index contributed by atoms with van der Waals surface area (Å²) in [6.07, 6.45) is 5.67. The lowest BCUT2D eigenvalue weighted by molar-refractivity contribution is -0.385. The predicted molar refractivity (Wildman–Crippen MR) is 141 cm³/mol. The zero-order valence-electron chi connectivity index (χ0n) is 20.1. The van der Waals surface area contributed by atoms with Crippen LogP contribution in [-0.4, -0.2) is 56.2 Å². The van der Waals surface area contributed by atoms with Crippen molar-refractivity contribution in [1.82, 2.24) is 19.3 Å². The molecule has 0 saturated carbocycles. The number of nitro groups is 1. The van der Waals surface area contributed by atoms with Crippen LogP contribution >= 0.6 is 31.9 Å². The van der Waals surface area contributed by atoms with Crippen molar-refractivity contribution >= 4 is 49.1 Å². The maximum Gasteiger partial charge on any atom is 0.304 e. The number of aromatic nitrogens is 3. The van der Waals surface area contributed by atoms with E-state index in [0.29, 0.717) is 39.0 Å². The molecule has 0 aliphatic heterocycles. The largest absolute Gasteiger partial charge is 0.491 e. The molecule has 0 N–H and O–H groups in total. The first kappa shape index (κ1) is 27.2. The number of rotatable bonds is 13. The average Bonchev–Trinajstić information content (AvgIpc) is 3.20. The molecule has 1 aromatic carbocycles. The summed E-state index contributed by atoms with van der Waals surface area (Å²) in [4.78, 5) is 35.3. The number of imidazole rings is 1. The molecule has 0 amide bonds. The van der Waals surface area contributed by atoms with E-state index in [0.717, 1.165) is 45.1 Å². The number of carbonyl (C=O) groups is 1. The van der Waals surface area contributed by atoms with Crippen molar-refractivity contribution in [2.24, 2.45) is 0 Å². The fraction of sp³-hybridized carbons (Fsp3) is 0.458. The second-order valence-corrected chi connectivity index (χ2v) is 9.79. The van der Waals surface area contributed by atoms with E-state index in [1.54, 1.807) is 12.1 Å². The Morgan fingerprint density at radius 3 is 2.46 bits per heavy atom. The molecule has 0 bridgehead atoms. The highest BCUT2D eigenvalue weighted by Gasteiger charge is 2.24. The van der Waals surface area contributed by atoms with Gasteiger partial charge in [0.25, 0.3) is 0 Å². The van der Waals surface area contributed by atoms with Crippen LogP contribution in [-0.2, 0) is 6.42 Å². The van der Waals surface area contributed by atoms with Crippen molar-refractivity contribution in [2.75, 3.05) is 26.2 Å². The number of aryl methyl sites for hydroxylation is 1. The monoisotopic (exact) mass is 609 g/mol. The minimum Gasteiger partial charge on any atom is -0.491 e. The number of fused-ring (bicyclic) bond motifs is 1. The van der Waals surface area contributed by atoms with Gasteiger partial charge in [0.2, 0.25) is 11.6 Å². The van der Waals surface area contributed by atoms with Gasteiger partial charge in [-0.2, -0.15) is 0 Å². The van der Waals surface area contributed by atoms with Crippen LogP contribution in [0, 0.1) is 10.1 Å². The highest BCUT2D eigenvalue weighted by Crippen LogP contribution is 2.36. The van der Waals surface area contributed by atoms with E-state index < -0.39 is 4.92 Å². The van der Waals surface area contributed by atoms with Crippen LogP contribution in [0.15, 0.2) is 33.5 Å². The highest BCUT2D eigenvalue weighted by atomic mass is 79.9. The summed E-state index contributed by atoms with van der Waals surface area (Å²) in [5.74, 6) is 0.597. The Morgan fingerprint density at radius 2 is 1.86 bits per heavy atom. The van der Waals surface area contributed by atoms with Crippen LogP contribution in [0.1, 0.15) is 61.8 Å². The van der Waals surface area contributed by atoms with Crippen LogP contribution in [0.2, 0.25) is 0 Å². The molecule has 0 aliphatic carbocycles. The van der Waals surface area contributed by atoms with Gasteiger partial charge in [-0.15, -0.1) is 0 Å². The summed E-state index contributed by atoms with van der Waals surface area (Å²) in [6, 6.07) is 3.42. The predicted octanol–water partition coefficient (Wildman–Crippen LogP) is 5.85. The average molecular weight is 611 g/mol. The zero-order chi connectivity index (χ0) is 25.5. The van der Waals surface area contributed by atoms with E-state index >= 15 is 0 Å². The summed E-state index contributed by atoms with van der Waals surface area (Å²) >= 11 is 7.07. The van der Waals surface area contributed by atoms with Gasteiger partial charge in [0, 0.05) is 12.1 Å². The summed E-state index contributed by atoms with van der Waals surface area (Å²) < 4.78 is 8.70. The fourth-order valence-electron chi connectivity index (χ4n) is 3.79. The first-order valence-electron chi connectivity index (χ1n) is 11.7. The lowest BCUT2D eigenvalue weighted by atomic mass is 10.0. The van der Waals surface area contributed by atoms with Crippen LogP contribution < -0.4 is 4.74 Å². The molecule has 35 heavy (non-hydrogen) atoms. The van der Waals surface area contributed by atoms with Crippen molar-refractivity contribution in [3.05, 3.63) is 60.5 Å². The van der Waals surface area contributed by atoms with E-state index in [1.807, 2.05) is 0 Å². The molecule has 0 spiro atoms. The van der Waals surface area contributed by atoms with E-state index in [1.165, 1.54) is 10.6 Å². The maximum absolute atomic E-state index is 13.7. The molecule has 0 atom stereocenters. The number of hydrogen-bond donors (Lipinski definition) is 0. The molecule has 0 fully saturated rings. The Hall–Kier alpha value is -2.37. The Morgan fingerprint density at radius 1 is 1.17 bits per heavy atom. The van der Waals surface area contributed by atoms with E-state index in [9.17, 15) is 14.9 Å². The van der Waals surface area contributed by atoms with Gasteiger partial charge in [-0.25, -0.2) is 9.97 Å². The first-order chi connectivity index (χ1) is 16.8. The summed E-state index contributed by atoms with van der Waals surface area (Å²) in [7, 11) is 0. The maximum atomic E-state index is 13.7. The van der Waals surface area contributed by atoms with Gasteiger partial charge in [-0.05, 0) is 76.3 Å². The lowest BCUT2D eigenvalue weighted by Gasteiger charge is -2.18. The van der Waals surface area contributed by atoms with Crippen molar-refractivity contribution in [1.29, 1.82) is 0 Å². The van der Waals surface area contributed by atoms with Crippen LogP contribution in [0.25, 0.3) is 5.78 Å². The highest BCUT2D eigenvalue weighted by molar-refractivity contribution is 9.11. The van der Waals surface area contributed by atoms with Gasteiger partial charge in [0.05, 0.1) is 32.4 Å². The second kappa shape index (κ2) is 12.5. The van der Waals surface area contributed by atoms with E-state index in [4.69, 9.17) is 4.74 Å². The van der Waals surface area contributed by atoms with Crippen LogP contribution in [0.5, 0.6) is 5.75 Å². The number of ether oxygens (including phenoxy) is 1. The van der Waals surface area contributed by atoms with Crippen molar-refractivity contribution < 1.29 is 14.5 Å². The Kier molecular flexibility index (Phi) is 9.76. The number of ketones is 1. The standard InChI is InChI=1S/C24H29Br2N5O4/c1-4-7-9-20-21(30-15-17(31(33)34)14-27-24(30)28-20)22(32)16-12-18(25)23(19(26)13-16)35-11-8-10-29(5-2)6-3/h12-15H,4-11H2,1-3H3. The van der Waals surface area contributed by atoms with Crippen molar-refractivity contribution in [2.45, 2.75) is 46.5 Å². The number of benzene rings is 1. The Bertz CT molecular complexity index is 1190. The molecule has 2 heterocycles. The smallest absolute Gasteiger partial charge is 0.304 e. The molecular formula is C24H29Br2N5O4. The minimum absolute atomic E-state index is 0.207. The number of nitrogens with zero attached hydrogens (tertiary/aromatic N) is 5. The Labute approximate surface area is 221 Å². The molecule has 3 aromatic rings. The van der Waals surface area contributed by atoms with Gasteiger partial charge in [-0.1, -0.05) is 27.2 Å². The van der Waals surface area contributed by atoms with E-state index in [2.05, 4.69) is 67.5 Å². The molecule has 0 saturated heterocycles. The van der Waals surface area contributed by atoms with Crippen molar-refractivity contribution in [3.63, 3.8) is 0 Å². The third-order valence-corrected chi connectivity index (χ3v) is 6.93. The first-order valence-corrected chi connectivity index (χ1v) is 13.3. The van der Waals surface area contributed by atoms with Crippen molar-refractivity contribution in [3.8, 4) is 5.75 Å². The quantitative estimate of drug-likeness (QED) is 0.104. The summed E-state index contributed by atoms with van der Waals surface area (Å²) in [5, 5.41) is 11.3. The van der Waals surface area contributed by atoms with Crippen LogP contribution in [0.3, 0.4) is 0 Å². The summed E-state index contributed by atoms with van der Waals surface area (Å²) in [5.41, 5.74) is 1.07. The van der Waals surface area contributed by atoms with Gasteiger partial charge >= 0.3 is 5.69 Å². The van der Waals surface area contributed by atoms with Gasteiger partial charge in [0.15, 0.2) is 0 Å². The molecule has 11 heteroatoms. The molecule has 0 radical (unpaired) electrons. The second-order valence-electron chi connectivity index (χ2n) is 8.08. The third-order valence-electron chi connectivity index (χ3n) is 5.75. The number of carbonyl (C=O) groups excluding carboxylic acids is 1. The third kappa shape index (κ3) is 6.45. The number of unbranched alkanes of at least 4 members (excludes halogenated alkanes) is 1. The normalized spacial score (nSPS) is 11.4. The molecule has 9 nitrogen and oxygen atoms in total. The van der Waals surface area contributed by atoms with Gasteiger partial charge in [-0.3, -0.25) is 19.3 Å². The molecule has 188 valence electrons. The number of hydrogen-bond acceptors (Lipinski definition) is 7. The molecular weight excluding hydrogens is 582 g/mol. The molecule has 2 aromatic heterocycles. The Balaban J connectivity index is 1.91. The summed E-state index contributed by atoms with van der Waals surface area (Å²) in [6.45, 7) is 9.83. The molecule has 3 rings (SSSR count). The topological polar surface area (TPSA) is 103 Å². The fourth-order valence-corrected chi connectivity index (χ4v) is 5.21. The van der Waals surface area contributed by atoms with E-state index in [-0.39, 0.29) is 22.9 Å².